The van der Waals surface area contributed by atoms with Crippen molar-refractivity contribution in [2.24, 2.45) is 5.92 Å². The normalized spacial score (nSPS) is 25.6. The molecule has 0 unspecified atom stereocenters. The van der Waals surface area contributed by atoms with Gasteiger partial charge in [0.15, 0.2) is 8.32 Å². The maximum Gasteiger partial charge on any atom is 0.311 e. The third kappa shape index (κ3) is 4.05. The molecule has 20 heavy (non-hydrogen) atoms. The predicted octanol–water partition coefficient (Wildman–Crippen LogP) is 3.36. The van der Waals surface area contributed by atoms with Crippen LogP contribution in [0.5, 0.6) is 0 Å². The Morgan fingerprint density at radius 1 is 1.40 bits per heavy atom. The van der Waals surface area contributed by atoms with Gasteiger partial charge >= 0.3 is 5.97 Å². The molecule has 0 aliphatic carbocycles. The van der Waals surface area contributed by atoms with Crippen LogP contribution >= 0.6 is 0 Å². The Morgan fingerprint density at radius 2 is 2.00 bits per heavy atom. The van der Waals surface area contributed by atoms with Crippen molar-refractivity contribution in [3.8, 4) is 0 Å². The summed E-state index contributed by atoms with van der Waals surface area (Å²) >= 11 is 0. The van der Waals surface area contributed by atoms with Crippen molar-refractivity contribution < 1.29 is 18.7 Å². The van der Waals surface area contributed by atoms with Crippen LogP contribution in [0.2, 0.25) is 18.1 Å². The first-order valence-electron chi connectivity index (χ1n) is 7.56. The first-order chi connectivity index (χ1) is 9.10. The van der Waals surface area contributed by atoms with Gasteiger partial charge in [-0.15, -0.1) is 0 Å². The molecule has 1 saturated heterocycles. The van der Waals surface area contributed by atoms with Gasteiger partial charge in [0, 0.05) is 6.61 Å². The summed E-state index contributed by atoms with van der Waals surface area (Å²) in [6.45, 7) is 15.9. The molecule has 118 valence electrons. The average molecular weight is 302 g/mol. The van der Waals surface area contributed by atoms with Crippen LogP contribution in [0.4, 0.5) is 0 Å². The van der Waals surface area contributed by atoms with Crippen molar-refractivity contribution >= 4 is 14.3 Å². The number of rotatable bonds is 5. The molecule has 4 nitrogen and oxygen atoms in total. The molecule has 0 aromatic carbocycles. The van der Waals surface area contributed by atoms with Gasteiger partial charge in [0.1, 0.15) is 0 Å². The molecule has 0 aromatic heterocycles. The predicted molar refractivity (Wildman–Crippen MR) is 82.2 cm³/mol. The second-order valence-corrected chi connectivity index (χ2v) is 11.8. The van der Waals surface area contributed by atoms with Gasteiger partial charge in [-0.3, -0.25) is 4.79 Å². The highest BCUT2D eigenvalue weighted by Gasteiger charge is 2.44. The van der Waals surface area contributed by atoms with Crippen LogP contribution in [0, 0.1) is 5.92 Å². The lowest BCUT2D eigenvalue weighted by Crippen LogP contribution is -2.47. The number of esters is 1. The van der Waals surface area contributed by atoms with Crippen LogP contribution in [0.1, 0.15) is 41.0 Å². The van der Waals surface area contributed by atoms with Crippen molar-refractivity contribution in [2.75, 3.05) is 13.2 Å². The smallest absolute Gasteiger partial charge is 0.311 e. The van der Waals surface area contributed by atoms with Gasteiger partial charge in [-0.05, 0) is 38.4 Å². The molecule has 0 bridgehead atoms. The first kappa shape index (κ1) is 17.7. The van der Waals surface area contributed by atoms with E-state index < -0.39 is 8.32 Å². The van der Waals surface area contributed by atoms with E-state index in [2.05, 4.69) is 33.9 Å². The van der Waals surface area contributed by atoms with Crippen molar-refractivity contribution in [3.05, 3.63) is 0 Å². The van der Waals surface area contributed by atoms with Crippen LogP contribution in [-0.4, -0.2) is 39.7 Å². The summed E-state index contributed by atoms with van der Waals surface area (Å²) in [7, 11) is -1.84. The molecule has 1 rings (SSSR count). The van der Waals surface area contributed by atoms with Gasteiger partial charge < -0.3 is 13.9 Å². The molecule has 0 spiro atoms. The molecular weight excluding hydrogens is 272 g/mol. The second-order valence-electron chi connectivity index (χ2n) is 7.08. The van der Waals surface area contributed by atoms with E-state index in [-0.39, 0.29) is 29.1 Å². The largest absolute Gasteiger partial charge is 0.466 e. The molecule has 0 amide bonds. The van der Waals surface area contributed by atoms with E-state index in [1.807, 2.05) is 13.8 Å². The average Bonchev–Trinajstić information content (AvgIpc) is 2.74. The number of ether oxygens (including phenoxy) is 2. The standard InChI is InChI=1S/C15H30O4Si/c1-8-17-14(16)11(2)13-12(9-10-18-13)19-20(6,7)15(3,4)5/h11-13H,8-10H2,1-7H3/t11-,12-,13+/m1/s1. The highest BCUT2D eigenvalue weighted by molar-refractivity contribution is 6.74. The van der Waals surface area contributed by atoms with Crippen LogP contribution in [0.3, 0.4) is 0 Å². The summed E-state index contributed by atoms with van der Waals surface area (Å²) in [5.74, 6) is -0.463. The number of carbonyl (C=O) groups is 1. The van der Waals surface area contributed by atoms with Crippen LogP contribution in [0.25, 0.3) is 0 Å². The zero-order chi connectivity index (χ0) is 15.6. The highest BCUT2D eigenvalue weighted by Crippen LogP contribution is 2.39. The summed E-state index contributed by atoms with van der Waals surface area (Å²) in [5.41, 5.74) is 0. The second kappa shape index (κ2) is 6.58. The summed E-state index contributed by atoms with van der Waals surface area (Å²) in [5, 5.41) is 0.160. The molecule has 0 radical (unpaired) electrons. The Balaban J connectivity index is 2.73. The fraction of sp³-hybridized carbons (Fsp3) is 0.933. The highest BCUT2D eigenvalue weighted by atomic mass is 28.4. The lowest BCUT2D eigenvalue weighted by atomic mass is 10.0. The molecule has 1 heterocycles. The fourth-order valence-electron chi connectivity index (χ4n) is 2.15. The van der Waals surface area contributed by atoms with E-state index in [0.717, 1.165) is 6.42 Å². The monoisotopic (exact) mass is 302 g/mol. The van der Waals surface area contributed by atoms with Gasteiger partial charge in [0.25, 0.3) is 0 Å². The Bertz CT molecular complexity index is 335. The van der Waals surface area contributed by atoms with Crippen LogP contribution in [0.15, 0.2) is 0 Å². The molecular formula is C15H30O4Si. The Hall–Kier alpha value is -0.393. The van der Waals surface area contributed by atoms with Gasteiger partial charge in [0.2, 0.25) is 0 Å². The summed E-state index contributed by atoms with van der Waals surface area (Å²) in [6.07, 6.45) is 0.694. The van der Waals surface area contributed by atoms with E-state index in [1.165, 1.54) is 0 Å². The van der Waals surface area contributed by atoms with Crippen molar-refractivity contribution in [1.29, 1.82) is 0 Å². The molecule has 1 fully saturated rings. The summed E-state index contributed by atoms with van der Waals surface area (Å²) < 4.78 is 17.3. The third-order valence-electron chi connectivity index (χ3n) is 4.48. The van der Waals surface area contributed by atoms with Crippen LogP contribution < -0.4 is 0 Å². The number of carbonyl (C=O) groups excluding carboxylic acids is 1. The SMILES string of the molecule is CCOC(=O)[C@H](C)[C@@H]1OCC[C@H]1O[Si](C)(C)C(C)(C)C. The molecule has 5 heteroatoms. The van der Waals surface area contributed by atoms with Gasteiger partial charge in [-0.1, -0.05) is 20.8 Å². The Kier molecular flexibility index (Phi) is 5.81. The molecule has 0 saturated carbocycles. The fourth-order valence-corrected chi connectivity index (χ4v) is 3.51. The molecule has 0 aromatic rings. The van der Waals surface area contributed by atoms with Gasteiger partial charge in [-0.2, -0.15) is 0 Å². The Morgan fingerprint density at radius 3 is 2.50 bits per heavy atom. The topological polar surface area (TPSA) is 44.8 Å². The molecule has 3 atom stereocenters. The maximum atomic E-state index is 11.9. The summed E-state index contributed by atoms with van der Waals surface area (Å²) in [4.78, 5) is 11.9. The molecule has 0 N–H and O–H groups in total. The van der Waals surface area contributed by atoms with E-state index in [9.17, 15) is 4.79 Å². The first-order valence-corrected chi connectivity index (χ1v) is 10.5. The van der Waals surface area contributed by atoms with E-state index in [4.69, 9.17) is 13.9 Å². The summed E-state index contributed by atoms with van der Waals surface area (Å²) in [6, 6.07) is 0. The van der Waals surface area contributed by atoms with Gasteiger partial charge in [0.05, 0.1) is 24.7 Å². The van der Waals surface area contributed by atoms with E-state index in [1.54, 1.807) is 0 Å². The van der Waals surface area contributed by atoms with Crippen molar-refractivity contribution in [1.82, 2.24) is 0 Å². The van der Waals surface area contributed by atoms with Crippen molar-refractivity contribution in [3.63, 3.8) is 0 Å². The number of hydrogen-bond acceptors (Lipinski definition) is 4. The zero-order valence-corrected chi connectivity index (χ0v) is 15.0. The van der Waals surface area contributed by atoms with E-state index >= 15 is 0 Å². The number of hydrogen-bond donors (Lipinski definition) is 0. The zero-order valence-electron chi connectivity index (χ0n) is 14.0. The van der Waals surface area contributed by atoms with Gasteiger partial charge in [-0.25, -0.2) is 0 Å². The third-order valence-corrected chi connectivity index (χ3v) is 8.99. The lowest BCUT2D eigenvalue weighted by molar-refractivity contribution is -0.153. The maximum absolute atomic E-state index is 11.9. The minimum atomic E-state index is -1.84. The van der Waals surface area contributed by atoms with Crippen molar-refractivity contribution in [2.45, 2.75) is 71.4 Å². The quantitative estimate of drug-likeness (QED) is 0.577. The molecule has 1 aliphatic heterocycles. The minimum Gasteiger partial charge on any atom is -0.466 e. The van der Waals surface area contributed by atoms with E-state index in [0.29, 0.717) is 13.2 Å². The molecule has 1 aliphatic rings. The lowest BCUT2D eigenvalue weighted by Gasteiger charge is -2.40. The Labute approximate surface area is 124 Å². The minimum absolute atomic E-state index is 0.00953. The van der Waals surface area contributed by atoms with Crippen LogP contribution in [-0.2, 0) is 18.7 Å².